The Kier molecular flexibility index (Phi) is 4.47. The lowest BCUT2D eigenvalue weighted by Gasteiger charge is -2.31. The third-order valence-electron chi connectivity index (χ3n) is 4.12. The molecule has 7 heteroatoms. The molecule has 124 valence electrons. The fraction of sp³-hybridized carbons (Fsp3) is 0.562. The van der Waals surface area contributed by atoms with E-state index in [1.807, 2.05) is 33.2 Å². The van der Waals surface area contributed by atoms with Gasteiger partial charge in [0.1, 0.15) is 12.6 Å². The van der Waals surface area contributed by atoms with Crippen molar-refractivity contribution < 1.29 is 9.53 Å². The largest absolute Gasteiger partial charge is 0.371 e. The molecule has 0 aliphatic carbocycles. The molecule has 0 bridgehead atoms. The Morgan fingerprint density at radius 1 is 1.48 bits per heavy atom. The van der Waals surface area contributed by atoms with Gasteiger partial charge in [-0.15, -0.1) is 0 Å². The number of aryl methyl sites for hydroxylation is 3. The molecular formula is C16H23N5O2. The van der Waals surface area contributed by atoms with Crippen LogP contribution >= 0.6 is 0 Å². The number of carbonyl (C=O) groups excluding carboxylic acids is 1. The lowest BCUT2D eigenvalue weighted by atomic mass is 9.98. The number of rotatable bonds is 4. The number of amides is 1. The average Bonchev–Trinajstić information content (AvgIpc) is 3.05. The van der Waals surface area contributed by atoms with E-state index in [4.69, 9.17) is 4.74 Å². The van der Waals surface area contributed by atoms with Gasteiger partial charge in [0, 0.05) is 31.1 Å². The highest BCUT2D eigenvalue weighted by molar-refractivity contribution is 5.76. The van der Waals surface area contributed by atoms with Crippen molar-refractivity contribution >= 4 is 5.91 Å². The summed E-state index contributed by atoms with van der Waals surface area (Å²) in [5.74, 6) is -0.0411. The van der Waals surface area contributed by atoms with E-state index in [0.717, 1.165) is 29.8 Å². The van der Waals surface area contributed by atoms with E-state index in [2.05, 4.69) is 15.5 Å². The van der Waals surface area contributed by atoms with Gasteiger partial charge in [0.25, 0.3) is 0 Å². The van der Waals surface area contributed by atoms with Gasteiger partial charge in [-0.25, -0.2) is 0 Å². The number of carbonyl (C=O) groups is 1. The van der Waals surface area contributed by atoms with Crippen molar-refractivity contribution in [3.05, 3.63) is 35.4 Å². The third-order valence-corrected chi connectivity index (χ3v) is 4.12. The summed E-state index contributed by atoms with van der Waals surface area (Å²) in [5, 5.41) is 11.6. The normalized spacial score (nSPS) is 21.3. The van der Waals surface area contributed by atoms with Crippen molar-refractivity contribution in [3.63, 3.8) is 0 Å². The summed E-state index contributed by atoms with van der Waals surface area (Å²) >= 11 is 0. The van der Waals surface area contributed by atoms with Gasteiger partial charge in [-0.05, 0) is 32.8 Å². The van der Waals surface area contributed by atoms with E-state index in [9.17, 15) is 4.79 Å². The van der Waals surface area contributed by atoms with Crippen molar-refractivity contribution in [2.24, 2.45) is 7.05 Å². The Morgan fingerprint density at radius 2 is 2.30 bits per heavy atom. The monoisotopic (exact) mass is 317 g/mol. The molecule has 1 amide bonds. The molecule has 0 saturated carbocycles. The van der Waals surface area contributed by atoms with E-state index < -0.39 is 0 Å². The van der Waals surface area contributed by atoms with Crippen LogP contribution < -0.4 is 5.32 Å². The van der Waals surface area contributed by atoms with Crippen molar-refractivity contribution in [1.82, 2.24) is 24.9 Å². The van der Waals surface area contributed by atoms with Crippen LogP contribution in [0.2, 0.25) is 0 Å². The lowest BCUT2D eigenvalue weighted by molar-refractivity contribution is -0.125. The summed E-state index contributed by atoms with van der Waals surface area (Å²) in [4.78, 5) is 12.4. The van der Waals surface area contributed by atoms with E-state index in [-0.39, 0.29) is 24.6 Å². The molecule has 2 aromatic rings. The van der Waals surface area contributed by atoms with Crippen LogP contribution in [0.3, 0.4) is 0 Å². The first-order valence-corrected chi connectivity index (χ1v) is 7.93. The molecule has 1 aliphatic heterocycles. The van der Waals surface area contributed by atoms with Crippen LogP contribution in [0.15, 0.2) is 18.5 Å². The highest BCUT2D eigenvalue weighted by Gasteiger charge is 2.29. The average molecular weight is 317 g/mol. The number of nitrogens with zero attached hydrogens (tertiary/aromatic N) is 4. The van der Waals surface area contributed by atoms with E-state index in [1.54, 1.807) is 15.6 Å². The number of hydrogen-bond acceptors (Lipinski definition) is 4. The fourth-order valence-electron chi connectivity index (χ4n) is 3.07. The topological polar surface area (TPSA) is 74.0 Å². The van der Waals surface area contributed by atoms with Crippen molar-refractivity contribution in [3.8, 4) is 0 Å². The van der Waals surface area contributed by atoms with Gasteiger partial charge < -0.3 is 10.1 Å². The van der Waals surface area contributed by atoms with Gasteiger partial charge in [-0.1, -0.05) is 0 Å². The molecule has 1 saturated heterocycles. The van der Waals surface area contributed by atoms with Crippen LogP contribution in [-0.4, -0.2) is 38.1 Å². The lowest BCUT2D eigenvalue weighted by Crippen LogP contribution is -2.44. The smallest absolute Gasteiger partial charge is 0.242 e. The molecule has 0 radical (unpaired) electrons. The summed E-state index contributed by atoms with van der Waals surface area (Å²) < 4.78 is 9.36. The van der Waals surface area contributed by atoms with Crippen molar-refractivity contribution in [2.75, 3.05) is 6.61 Å². The van der Waals surface area contributed by atoms with E-state index in [1.165, 1.54) is 0 Å². The fourth-order valence-corrected chi connectivity index (χ4v) is 3.07. The highest BCUT2D eigenvalue weighted by atomic mass is 16.5. The predicted molar refractivity (Wildman–Crippen MR) is 84.8 cm³/mol. The molecule has 3 heterocycles. The molecule has 3 rings (SSSR count). The second kappa shape index (κ2) is 6.54. The number of aromatic nitrogens is 4. The van der Waals surface area contributed by atoms with Crippen LogP contribution in [0.25, 0.3) is 0 Å². The maximum atomic E-state index is 12.4. The summed E-state index contributed by atoms with van der Waals surface area (Å²) in [6.45, 7) is 4.82. The van der Waals surface area contributed by atoms with Crippen molar-refractivity contribution in [1.29, 1.82) is 0 Å². The first-order chi connectivity index (χ1) is 11.0. The number of ether oxygens (including phenoxy) is 1. The second-order valence-electron chi connectivity index (χ2n) is 6.14. The Hall–Kier alpha value is -2.15. The zero-order valence-electron chi connectivity index (χ0n) is 13.8. The van der Waals surface area contributed by atoms with Gasteiger partial charge in [0.15, 0.2) is 0 Å². The number of nitrogens with one attached hydrogen (secondary N) is 1. The zero-order chi connectivity index (χ0) is 16.4. The highest BCUT2D eigenvalue weighted by Crippen LogP contribution is 2.28. The third kappa shape index (κ3) is 3.61. The Balaban J connectivity index is 1.67. The molecule has 23 heavy (non-hydrogen) atoms. The maximum Gasteiger partial charge on any atom is 0.242 e. The molecular weight excluding hydrogens is 294 g/mol. The standard InChI is InChI=1S/C16H23N5O2/c1-11-7-12(2)21(19-11)10-15(22)18-14-5-4-6-23-16(14)13-8-17-20(3)9-13/h7-9,14,16H,4-6,10H2,1-3H3,(H,18,22)/t14-,16+/m0/s1. The molecule has 1 fully saturated rings. The molecule has 7 nitrogen and oxygen atoms in total. The maximum absolute atomic E-state index is 12.4. The summed E-state index contributed by atoms with van der Waals surface area (Å²) in [6, 6.07) is 1.94. The minimum atomic E-state index is -0.137. The Bertz CT molecular complexity index is 690. The quantitative estimate of drug-likeness (QED) is 0.921. The van der Waals surface area contributed by atoms with E-state index >= 15 is 0 Å². The minimum absolute atomic E-state index is 0.0302. The molecule has 0 spiro atoms. The Labute approximate surface area is 135 Å². The summed E-state index contributed by atoms with van der Waals surface area (Å²) in [6.07, 6.45) is 5.46. The predicted octanol–water partition coefficient (Wildman–Crippen LogP) is 1.27. The summed E-state index contributed by atoms with van der Waals surface area (Å²) in [5.41, 5.74) is 2.91. The second-order valence-corrected chi connectivity index (χ2v) is 6.14. The molecule has 2 aromatic heterocycles. The van der Waals surface area contributed by atoms with Gasteiger partial charge >= 0.3 is 0 Å². The molecule has 0 unspecified atom stereocenters. The molecule has 0 aromatic carbocycles. The van der Waals surface area contributed by atoms with Crippen molar-refractivity contribution in [2.45, 2.75) is 45.4 Å². The molecule has 2 atom stereocenters. The summed E-state index contributed by atoms with van der Waals surface area (Å²) in [7, 11) is 1.88. The van der Waals surface area contributed by atoms with Gasteiger partial charge in [0.05, 0.1) is 17.9 Å². The van der Waals surface area contributed by atoms with Gasteiger partial charge in [-0.3, -0.25) is 14.2 Å². The SMILES string of the molecule is Cc1cc(C)n(CC(=O)N[C@H]2CCCO[C@@H]2c2cnn(C)c2)n1. The number of hydrogen-bond donors (Lipinski definition) is 1. The van der Waals surface area contributed by atoms with Crippen LogP contribution in [0.1, 0.15) is 35.9 Å². The van der Waals surface area contributed by atoms with Gasteiger partial charge in [-0.2, -0.15) is 10.2 Å². The Morgan fingerprint density at radius 3 is 2.96 bits per heavy atom. The van der Waals surface area contributed by atoms with E-state index in [0.29, 0.717) is 6.61 Å². The molecule has 1 N–H and O–H groups in total. The molecule has 1 aliphatic rings. The van der Waals surface area contributed by atoms with Crippen LogP contribution in [0.5, 0.6) is 0 Å². The van der Waals surface area contributed by atoms with Crippen LogP contribution in [0, 0.1) is 13.8 Å². The zero-order valence-corrected chi connectivity index (χ0v) is 13.8. The first kappa shape index (κ1) is 15.7. The van der Waals surface area contributed by atoms with Crippen LogP contribution in [-0.2, 0) is 23.1 Å². The van der Waals surface area contributed by atoms with Crippen LogP contribution in [0.4, 0.5) is 0 Å². The van der Waals surface area contributed by atoms with Gasteiger partial charge in [0.2, 0.25) is 5.91 Å². The minimum Gasteiger partial charge on any atom is -0.371 e. The first-order valence-electron chi connectivity index (χ1n) is 7.93.